The van der Waals surface area contributed by atoms with E-state index in [4.69, 9.17) is 11.6 Å². The van der Waals surface area contributed by atoms with Gasteiger partial charge in [0.25, 0.3) is 5.69 Å². The van der Waals surface area contributed by atoms with Gasteiger partial charge in [0.2, 0.25) is 0 Å². The minimum Gasteiger partial charge on any atom is -0.308 e. The van der Waals surface area contributed by atoms with Crippen LogP contribution in [0.4, 0.5) is 46.4 Å². The highest BCUT2D eigenvalue weighted by Crippen LogP contribution is 2.36. The number of carbonyl (C=O) groups is 1. The summed E-state index contributed by atoms with van der Waals surface area (Å²) in [5.74, 6) is 0. The van der Waals surface area contributed by atoms with Crippen LogP contribution in [0.3, 0.4) is 0 Å². The molecular formula is C20H13ClF3N5O3. The molecule has 0 aliphatic heterocycles. The maximum Gasteiger partial charge on any atom is 0.417 e. The number of urea groups is 1. The molecule has 0 saturated heterocycles. The van der Waals surface area contributed by atoms with Crippen LogP contribution in [0.25, 0.3) is 0 Å². The van der Waals surface area contributed by atoms with Gasteiger partial charge in [0.1, 0.15) is 0 Å². The van der Waals surface area contributed by atoms with Crippen LogP contribution in [0.1, 0.15) is 5.56 Å². The first-order chi connectivity index (χ1) is 15.1. The average Bonchev–Trinajstić information content (AvgIpc) is 2.73. The molecule has 0 aromatic heterocycles. The smallest absolute Gasteiger partial charge is 0.308 e. The van der Waals surface area contributed by atoms with Crippen LogP contribution in [0.2, 0.25) is 5.02 Å². The van der Waals surface area contributed by atoms with Gasteiger partial charge in [-0.05, 0) is 42.5 Å². The maximum absolute atomic E-state index is 12.9. The van der Waals surface area contributed by atoms with E-state index in [1.165, 1.54) is 42.5 Å². The number of nitro groups is 1. The lowest BCUT2D eigenvalue weighted by Gasteiger charge is -2.12. The van der Waals surface area contributed by atoms with E-state index < -0.39 is 27.7 Å². The van der Waals surface area contributed by atoms with Crippen molar-refractivity contribution in [2.75, 3.05) is 10.6 Å². The van der Waals surface area contributed by atoms with E-state index >= 15 is 0 Å². The summed E-state index contributed by atoms with van der Waals surface area (Å²) in [5.41, 5.74) is -0.410. The van der Waals surface area contributed by atoms with Crippen LogP contribution in [-0.4, -0.2) is 11.0 Å². The standard InChI is InChI=1S/C20H13ClF3N5O3/c21-18-8-7-13(11-17(18)20(22,23)24)26-19(30)25-12-3-1-4-14(9-12)27-28-15-5-2-6-16(10-15)29(31)32/h1-11H,(H2,25,26,30). The molecule has 0 aliphatic rings. The van der Waals surface area contributed by atoms with Crippen molar-refractivity contribution in [3.8, 4) is 0 Å². The largest absolute Gasteiger partial charge is 0.417 e. The summed E-state index contributed by atoms with van der Waals surface area (Å²) in [5, 5.41) is 23.0. The second-order valence-electron chi connectivity index (χ2n) is 6.30. The van der Waals surface area contributed by atoms with Crippen LogP contribution in [-0.2, 0) is 6.18 Å². The van der Waals surface area contributed by atoms with Crippen molar-refractivity contribution < 1.29 is 22.9 Å². The van der Waals surface area contributed by atoms with Gasteiger partial charge in [-0.1, -0.05) is 23.7 Å². The van der Waals surface area contributed by atoms with Crippen molar-refractivity contribution in [1.29, 1.82) is 0 Å². The Bertz CT molecular complexity index is 1200. The molecule has 0 aliphatic carbocycles. The summed E-state index contributed by atoms with van der Waals surface area (Å²) in [6, 6.07) is 13.9. The van der Waals surface area contributed by atoms with Gasteiger partial charge in [-0.3, -0.25) is 10.1 Å². The van der Waals surface area contributed by atoms with E-state index in [0.29, 0.717) is 11.4 Å². The third kappa shape index (κ3) is 6.01. The number of hydrogen-bond acceptors (Lipinski definition) is 5. The molecule has 0 radical (unpaired) electrons. The zero-order valence-electron chi connectivity index (χ0n) is 15.9. The van der Waals surface area contributed by atoms with E-state index in [-0.39, 0.29) is 17.1 Å². The minimum atomic E-state index is -4.66. The van der Waals surface area contributed by atoms with Crippen molar-refractivity contribution >= 4 is 46.1 Å². The highest BCUT2D eigenvalue weighted by molar-refractivity contribution is 6.31. The Kier molecular flexibility index (Phi) is 6.69. The van der Waals surface area contributed by atoms with E-state index in [9.17, 15) is 28.1 Å². The van der Waals surface area contributed by atoms with Gasteiger partial charge in [0.15, 0.2) is 0 Å². The topological polar surface area (TPSA) is 109 Å². The molecule has 0 atom stereocenters. The summed E-state index contributed by atoms with van der Waals surface area (Å²) >= 11 is 5.56. The highest BCUT2D eigenvalue weighted by Gasteiger charge is 2.33. The first-order valence-electron chi connectivity index (χ1n) is 8.83. The van der Waals surface area contributed by atoms with Crippen molar-refractivity contribution in [2.45, 2.75) is 6.18 Å². The number of nitro benzene ring substituents is 1. The molecule has 3 rings (SSSR count). The molecule has 8 nitrogen and oxygen atoms in total. The number of alkyl halides is 3. The molecule has 0 saturated carbocycles. The molecule has 3 aromatic carbocycles. The van der Waals surface area contributed by atoms with E-state index in [0.717, 1.165) is 12.1 Å². The number of carbonyl (C=O) groups excluding carboxylic acids is 1. The fourth-order valence-corrected chi connectivity index (χ4v) is 2.77. The van der Waals surface area contributed by atoms with Gasteiger partial charge in [-0.25, -0.2) is 4.79 Å². The Morgan fingerprint density at radius 3 is 2.12 bits per heavy atom. The number of nitrogens with one attached hydrogen (secondary N) is 2. The van der Waals surface area contributed by atoms with Crippen LogP contribution >= 0.6 is 11.6 Å². The number of nitrogens with zero attached hydrogens (tertiary/aromatic N) is 3. The predicted octanol–water partition coefficient (Wildman–Crippen LogP) is 7.33. The zero-order valence-corrected chi connectivity index (χ0v) is 16.7. The third-order valence-electron chi connectivity index (χ3n) is 3.96. The number of hydrogen-bond donors (Lipinski definition) is 2. The third-order valence-corrected chi connectivity index (χ3v) is 4.28. The Balaban J connectivity index is 1.69. The number of halogens is 4. The summed E-state index contributed by atoms with van der Waals surface area (Å²) in [6.45, 7) is 0. The summed E-state index contributed by atoms with van der Waals surface area (Å²) in [4.78, 5) is 22.4. The van der Waals surface area contributed by atoms with E-state index in [1.54, 1.807) is 12.1 Å². The van der Waals surface area contributed by atoms with Crippen molar-refractivity contribution in [2.24, 2.45) is 10.2 Å². The Labute approximate surface area is 183 Å². The van der Waals surface area contributed by atoms with Crippen LogP contribution < -0.4 is 10.6 Å². The molecule has 2 amide bonds. The molecule has 3 aromatic rings. The van der Waals surface area contributed by atoms with Crippen molar-refractivity contribution in [3.63, 3.8) is 0 Å². The quantitative estimate of drug-likeness (QED) is 0.235. The lowest BCUT2D eigenvalue weighted by Crippen LogP contribution is -2.19. The molecule has 2 N–H and O–H groups in total. The fraction of sp³-hybridized carbons (Fsp3) is 0.0500. The Hall–Kier alpha value is -3.99. The van der Waals surface area contributed by atoms with Crippen molar-refractivity contribution in [3.05, 3.63) is 87.4 Å². The predicted molar refractivity (Wildman–Crippen MR) is 113 cm³/mol. The number of non-ortho nitro benzene ring substituents is 1. The fourth-order valence-electron chi connectivity index (χ4n) is 2.54. The first kappa shape index (κ1) is 22.7. The van der Waals surface area contributed by atoms with Gasteiger partial charge in [0.05, 0.1) is 26.9 Å². The average molecular weight is 464 g/mol. The molecule has 0 spiro atoms. The zero-order chi connectivity index (χ0) is 23.3. The highest BCUT2D eigenvalue weighted by atomic mass is 35.5. The van der Waals surface area contributed by atoms with Gasteiger partial charge < -0.3 is 10.6 Å². The molecule has 0 bridgehead atoms. The number of amides is 2. The number of anilines is 2. The minimum absolute atomic E-state index is 0.0965. The molecule has 0 fully saturated rings. The van der Waals surface area contributed by atoms with Gasteiger partial charge in [-0.15, -0.1) is 0 Å². The molecular weight excluding hydrogens is 451 g/mol. The SMILES string of the molecule is O=C(Nc1cccc(N=Nc2cccc([N+](=O)[O-])c2)c1)Nc1ccc(Cl)c(C(F)(F)F)c1. The van der Waals surface area contributed by atoms with E-state index in [1.807, 2.05) is 0 Å². The summed E-state index contributed by atoms with van der Waals surface area (Å²) in [6.07, 6.45) is -4.66. The lowest BCUT2D eigenvalue weighted by atomic mass is 10.2. The molecule has 32 heavy (non-hydrogen) atoms. The number of benzene rings is 3. The second kappa shape index (κ2) is 9.43. The summed E-state index contributed by atoms with van der Waals surface area (Å²) < 4.78 is 38.8. The number of rotatable bonds is 5. The molecule has 0 heterocycles. The summed E-state index contributed by atoms with van der Waals surface area (Å²) in [7, 11) is 0. The number of azo groups is 1. The van der Waals surface area contributed by atoms with Crippen molar-refractivity contribution in [1.82, 2.24) is 0 Å². The molecule has 12 heteroatoms. The Morgan fingerprint density at radius 1 is 0.906 bits per heavy atom. The maximum atomic E-state index is 12.9. The van der Waals surface area contributed by atoms with Crippen LogP contribution in [0.15, 0.2) is 77.0 Å². The normalized spacial score (nSPS) is 11.4. The van der Waals surface area contributed by atoms with Crippen LogP contribution in [0.5, 0.6) is 0 Å². The first-order valence-corrected chi connectivity index (χ1v) is 9.20. The molecule has 0 unspecified atom stereocenters. The monoisotopic (exact) mass is 463 g/mol. The second-order valence-corrected chi connectivity index (χ2v) is 6.71. The van der Waals surface area contributed by atoms with Crippen LogP contribution in [0, 0.1) is 10.1 Å². The lowest BCUT2D eigenvalue weighted by molar-refractivity contribution is -0.384. The van der Waals surface area contributed by atoms with Gasteiger partial charge in [-0.2, -0.15) is 23.4 Å². The Morgan fingerprint density at radius 2 is 1.50 bits per heavy atom. The molecule has 164 valence electrons. The van der Waals surface area contributed by atoms with Gasteiger partial charge in [0, 0.05) is 23.5 Å². The van der Waals surface area contributed by atoms with E-state index in [2.05, 4.69) is 20.9 Å². The van der Waals surface area contributed by atoms with Gasteiger partial charge >= 0.3 is 12.2 Å².